The predicted molar refractivity (Wildman–Crippen MR) is 127 cm³/mol. The zero-order valence-electron chi connectivity index (χ0n) is 18.5. The molecule has 0 bridgehead atoms. The molecule has 2 aliphatic rings. The van der Waals surface area contributed by atoms with Crippen molar-refractivity contribution in [3.63, 3.8) is 0 Å². The molecule has 0 saturated heterocycles. The quantitative estimate of drug-likeness (QED) is 0.438. The second-order valence-electron chi connectivity index (χ2n) is 9.52. The van der Waals surface area contributed by atoms with Crippen molar-refractivity contribution in [2.75, 3.05) is 5.32 Å². The molecule has 2 aromatic carbocycles. The Bertz CT molecular complexity index is 1160. The summed E-state index contributed by atoms with van der Waals surface area (Å²) in [5.74, 6) is 1.18. The number of aliphatic hydroxyl groups excluding tert-OH is 1. The van der Waals surface area contributed by atoms with E-state index in [-0.39, 0.29) is 24.1 Å². The summed E-state index contributed by atoms with van der Waals surface area (Å²) in [6, 6.07) is 11.7. The number of Topliss-reactive ketones (excluding diaryl/α,β-unsaturated/α-hetero) is 1. The molecule has 2 fully saturated rings. The highest BCUT2D eigenvalue weighted by molar-refractivity contribution is 6.10. The fourth-order valence-electron chi connectivity index (χ4n) is 4.78. The van der Waals surface area contributed by atoms with Gasteiger partial charge in [-0.15, -0.1) is 0 Å². The average Bonchev–Trinajstić information content (AvgIpc) is 3.66. The molecule has 1 heterocycles. The van der Waals surface area contributed by atoms with Crippen molar-refractivity contribution < 1.29 is 15.0 Å². The number of hydrogen-bond acceptors (Lipinski definition) is 5. The average molecular weight is 431 g/mol. The van der Waals surface area contributed by atoms with Gasteiger partial charge in [-0.3, -0.25) is 9.78 Å². The van der Waals surface area contributed by atoms with Crippen LogP contribution in [0.4, 0.5) is 5.69 Å². The number of carbonyl (C=O) groups is 1. The molecule has 0 atom stereocenters. The van der Waals surface area contributed by atoms with Gasteiger partial charge in [0.15, 0.2) is 5.78 Å². The number of hydrogen-bond donors (Lipinski definition) is 3. The number of rotatable bonds is 6. The Morgan fingerprint density at radius 1 is 1.03 bits per heavy atom. The van der Waals surface area contributed by atoms with E-state index in [2.05, 4.69) is 23.3 Å². The Balaban J connectivity index is 1.60. The van der Waals surface area contributed by atoms with Crippen LogP contribution in [0, 0.1) is 11.8 Å². The second-order valence-corrected chi connectivity index (χ2v) is 9.52. The number of nitrogens with one attached hydrogen (secondary N) is 1. The number of fused-ring (bicyclic) bond motifs is 1. The van der Waals surface area contributed by atoms with Crippen LogP contribution in [0.3, 0.4) is 0 Å². The van der Waals surface area contributed by atoms with Crippen molar-refractivity contribution in [3.05, 3.63) is 53.7 Å². The largest absolute Gasteiger partial charge is 0.508 e. The summed E-state index contributed by atoms with van der Waals surface area (Å²) < 4.78 is 0. The Labute approximate surface area is 188 Å². The lowest BCUT2D eigenvalue weighted by Crippen LogP contribution is -2.26. The van der Waals surface area contributed by atoms with Gasteiger partial charge in [-0.1, -0.05) is 19.1 Å². The summed E-state index contributed by atoms with van der Waals surface area (Å²) in [5, 5.41) is 24.2. The zero-order chi connectivity index (χ0) is 22.2. The molecule has 0 aliphatic heterocycles. The van der Waals surface area contributed by atoms with Gasteiger partial charge < -0.3 is 15.5 Å². The van der Waals surface area contributed by atoms with Crippen molar-refractivity contribution in [3.8, 4) is 16.9 Å². The highest BCUT2D eigenvalue weighted by Gasteiger charge is 2.33. The van der Waals surface area contributed by atoms with Crippen LogP contribution >= 0.6 is 0 Å². The van der Waals surface area contributed by atoms with E-state index in [9.17, 15) is 15.0 Å². The van der Waals surface area contributed by atoms with Crippen molar-refractivity contribution in [2.24, 2.45) is 11.8 Å². The van der Waals surface area contributed by atoms with Crippen molar-refractivity contribution in [2.45, 2.75) is 58.1 Å². The molecule has 5 nitrogen and oxygen atoms in total. The Kier molecular flexibility index (Phi) is 5.60. The van der Waals surface area contributed by atoms with Gasteiger partial charge in [0.25, 0.3) is 0 Å². The monoisotopic (exact) mass is 430 g/mol. The molecule has 166 valence electrons. The summed E-state index contributed by atoms with van der Waals surface area (Å²) in [4.78, 5) is 17.7. The third-order valence-electron chi connectivity index (χ3n) is 7.03. The van der Waals surface area contributed by atoms with Crippen LogP contribution in [0.2, 0.25) is 0 Å². The fourth-order valence-corrected chi connectivity index (χ4v) is 4.78. The maximum atomic E-state index is 13.1. The Morgan fingerprint density at radius 2 is 1.75 bits per heavy atom. The van der Waals surface area contributed by atoms with Gasteiger partial charge in [0.05, 0.1) is 23.4 Å². The van der Waals surface area contributed by atoms with Crippen LogP contribution in [0.5, 0.6) is 5.75 Å². The van der Waals surface area contributed by atoms with Crippen molar-refractivity contribution in [1.82, 2.24) is 4.98 Å². The van der Waals surface area contributed by atoms with E-state index in [0.717, 1.165) is 59.3 Å². The van der Waals surface area contributed by atoms with Gasteiger partial charge in [0.2, 0.25) is 0 Å². The topological polar surface area (TPSA) is 82.5 Å². The van der Waals surface area contributed by atoms with Crippen LogP contribution in [-0.2, 0) is 6.61 Å². The fraction of sp³-hybridized carbons (Fsp3) is 0.407. The summed E-state index contributed by atoms with van der Waals surface area (Å²) in [6.07, 6.45) is 8.31. The van der Waals surface area contributed by atoms with Crippen molar-refractivity contribution >= 4 is 22.4 Å². The molecule has 5 heteroatoms. The third-order valence-corrected chi connectivity index (χ3v) is 7.03. The molecule has 3 aromatic rings. The van der Waals surface area contributed by atoms with Crippen LogP contribution in [-0.4, -0.2) is 27.0 Å². The summed E-state index contributed by atoms with van der Waals surface area (Å²) in [6.45, 7) is 2.09. The van der Waals surface area contributed by atoms with Gasteiger partial charge in [-0.25, -0.2) is 0 Å². The molecule has 2 saturated carbocycles. The third kappa shape index (κ3) is 4.09. The van der Waals surface area contributed by atoms with Crippen LogP contribution < -0.4 is 5.32 Å². The first kappa shape index (κ1) is 21.0. The first-order valence-electron chi connectivity index (χ1n) is 11.7. The van der Waals surface area contributed by atoms with Gasteiger partial charge in [0.1, 0.15) is 5.75 Å². The van der Waals surface area contributed by atoms with Crippen LogP contribution in [0.1, 0.15) is 61.4 Å². The van der Waals surface area contributed by atoms with E-state index in [1.54, 1.807) is 18.3 Å². The Morgan fingerprint density at radius 3 is 2.47 bits per heavy atom. The maximum absolute atomic E-state index is 13.1. The molecule has 0 unspecified atom stereocenters. The van der Waals surface area contributed by atoms with Gasteiger partial charge >= 0.3 is 0 Å². The predicted octanol–water partition coefficient (Wildman–Crippen LogP) is 5.68. The number of carbonyl (C=O) groups excluding carboxylic acids is 1. The highest BCUT2D eigenvalue weighted by atomic mass is 16.3. The number of pyridine rings is 1. The molecule has 3 N–H and O–H groups in total. The first-order valence-corrected chi connectivity index (χ1v) is 11.7. The van der Waals surface area contributed by atoms with E-state index >= 15 is 0 Å². The molecule has 0 spiro atoms. The normalized spacial score (nSPS) is 20.9. The minimum atomic E-state index is -0.220. The molecule has 0 radical (unpaired) electrons. The molecule has 32 heavy (non-hydrogen) atoms. The minimum absolute atomic E-state index is 0.0879. The zero-order valence-corrected chi connectivity index (χ0v) is 18.5. The lowest BCUT2D eigenvalue weighted by Gasteiger charge is -2.29. The molecule has 0 amide bonds. The lowest BCUT2D eigenvalue weighted by molar-refractivity contribution is 0.0968. The SMILES string of the molecule is C[C@H]1CC[C@@H](Nc2c(C(=O)C3CC3)cnc3ccc(-c4ccc(O)c(CO)c4)cc23)CC1. The number of aliphatic hydroxyl groups is 1. The van der Waals surface area contributed by atoms with E-state index in [4.69, 9.17) is 0 Å². The van der Waals surface area contributed by atoms with Crippen molar-refractivity contribution in [1.29, 1.82) is 0 Å². The number of aromatic nitrogens is 1. The number of aromatic hydroxyl groups is 1. The van der Waals surface area contributed by atoms with Crippen LogP contribution in [0.25, 0.3) is 22.0 Å². The molecule has 2 aliphatic carbocycles. The van der Waals surface area contributed by atoms with E-state index < -0.39 is 0 Å². The van der Waals surface area contributed by atoms with Gasteiger partial charge in [-0.05, 0) is 79.8 Å². The summed E-state index contributed by atoms with van der Waals surface area (Å²) in [7, 11) is 0. The lowest BCUT2D eigenvalue weighted by atomic mass is 9.87. The number of phenols is 1. The summed E-state index contributed by atoms with van der Waals surface area (Å²) in [5.41, 5.74) is 4.84. The van der Waals surface area contributed by atoms with E-state index in [1.807, 2.05) is 18.2 Å². The highest BCUT2D eigenvalue weighted by Crippen LogP contribution is 2.39. The minimum Gasteiger partial charge on any atom is -0.508 e. The molecular weight excluding hydrogens is 400 g/mol. The maximum Gasteiger partial charge on any atom is 0.169 e. The number of nitrogens with zero attached hydrogens (tertiary/aromatic N) is 1. The van der Waals surface area contributed by atoms with Gasteiger partial charge in [0, 0.05) is 29.1 Å². The van der Waals surface area contributed by atoms with Crippen LogP contribution in [0.15, 0.2) is 42.6 Å². The van der Waals surface area contributed by atoms with Gasteiger partial charge in [-0.2, -0.15) is 0 Å². The van der Waals surface area contributed by atoms with E-state index in [1.165, 1.54) is 12.8 Å². The Hall–Kier alpha value is -2.92. The molecule has 5 rings (SSSR count). The smallest absolute Gasteiger partial charge is 0.169 e. The molecule has 1 aromatic heterocycles. The van der Waals surface area contributed by atoms with E-state index in [0.29, 0.717) is 17.2 Å². The second kappa shape index (κ2) is 8.55. The summed E-state index contributed by atoms with van der Waals surface area (Å²) >= 11 is 0. The number of benzene rings is 2. The molecular formula is C27H30N2O3. The standard InChI is InChI=1S/C27H30N2O3/c1-16-2-8-21(9-3-16)29-26-22-13-19(18-7-11-25(31)20(12-18)15-30)6-10-24(22)28-14-23(26)27(32)17-4-5-17/h6-7,10-14,16-17,21,30-31H,2-5,8-9,15H2,1H3,(H,28,29)/t16-,21+. The first-order chi connectivity index (χ1) is 15.5. The number of anilines is 1. The number of ketones is 1.